The molecule has 4 N–H and O–H groups in total. The smallest absolute Gasteiger partial charge is 0.301 e. The summed E-state index contributed by atoms with van der Waals surface area (Å²) in [6, 6.07) is 11.6. The van der Waals surface area contributed by atoms with Gasteiger partial charge in [-0.2, -0.15) is 25.4 Å². The van der Waals surface area contributed by atoms with E-state index in [1.54, 1.807) is 4.31 Å². The largest absolute Gasteiger partial charge is 0.361 e. The first-order valence-electron chi connectivity index (χ1n) is 21.5. The molecule has 0 saturated carbocycles. The molecule has 2 fully saturated rings. The third kappa shape index (κ3) is 11.3. The Morgan fingerprint density at radius 1 is 0.719 bits per heavy atom. The lowest BCUT2D eigenvalue weighted by atomic mass is 9.87. The predicted octanol–water partition coefficient (Wildman–Crippen LogP) is 8.46. The molecular weight excluding hydrogens is 757 g/mol. The number of fused-ring (bicyclic) bond motifs is 2. The van der Waals surface area contributed by atoms with Gasteiger partial charge in [0.1, 0.15) is 0 Å². The molecule has 2 saturated heterocycles. The van der Waals surface area contributed by atoms with Gasteiger partial charge in [0.25, 0.3) is 0 Å². The second-order valence-electron chi connectivity index (χ2n) is 16.3. The fraction of sp³-hybridized carbons (Fsp3) is 0.628. The van der Waals surface area contributed by atoms with Crippen molar-refractivity contribution in [2.24, 2.45) is 5.92 Å². The average Bonchev–Trinajstić information content (AvgIpc) is 3.74. The summed E-state index contributed by atoms with van der Waals surface area (Å²) in [7, 11) is -7.06. The van der Waals surface area contributed by atoms with Crippen molar-refractivity contribution < 1.29 is 16.8 Å². The third-order valence-corrected chi connectivity index (χ3v) is 14.9. The van der Waals surface area contributed by atoms with E-state index >= 15 is 0 Å². The van der Waals surface area contributed by atoms with E-state index in [9.17, 15) is 16.8 Å². The van der Waals surface area contributed by atoms with E-state index in [0.29, 0.717) is 55.3 Å². The van der Waals surface area contributed by atoms with E-state index < -0.39 is 20.4 Å². The minimum Gasteiger partial charge on any atom is -0.361 e. The topological polar surface area (TPSA) is 137 Å². The number of piperidine rings is 2. The molecule has 0 amide bonds. The molecule has 0 radical (unpaired) electrons. The van der Waals surface area contributed by atoms with Crippen LogP contribution in [0.2, 0.25) is 0 Å². The van der Waals surface area contributed by atoms with Crippen LogP contribution >= 0.6 is 0 Å². The number of H-pyrrole nitrogens is 2. The van der Waals surface area contributed by atoms with Gasteiger partial charge in [-0.1, -0.05) is 48.5 Å². The van der Waals surface area contributed by atoms with Crippen molar-refractivity contribution in [2.75, 3.05) is 74.9 Å². The highest BCUT2D eigenvalue weighted by atomic mass is 32.2. The van der Waals surface area contributed by atoms with Gasteiger partial charge in [0, 0.05) is 66.4 Å². The van der Waals surface area contributed by atoms with Crippen LogP contribution in [0, 0.1) is 12.8 Å². The second kappa shape index (κ2) is 20.2. The SMILES string of the molecule is CCCN(CCC)S(=O)(=O)Nc1ccc2[nH]c(C)c(C3CCN(CC)CC3)c2c1.CCN(CC)S(=O)(=O)Nc1ccc2[nH]cc(C3CCN(CC(C)C)CC3)c2c1. The summed E-state index contributed by atoms with van der Waals surface area (Å²) in [5.74, 6) is 1.74. The standard InChI is InChI=1S/C22H36N4O2S.C21H34N4O2S/c1-5-12-26(13-6-2)29(27,28)24-19-8-9-21-20(16-19)22(17(4)23-21)18-10-14-25(7-3)15-11-18;1-5-25(6-2)28(26,27)23-18-7-8-21-19(13-18)20(14-22-21)17-9-11-24(12-10-17)15-16(3)4/h8-9,16,18,23-24H,5-7,10-15H2,1-4H3;7-8,13-14,16-17,22-23H,5-6,9-12,15H2,1-4H3. The van der Waals surface area contributed by atoms with E-state index in [-0.39, 0.29) is 0 Å². The molecule has 0 unspecified atom stereocenters. The molecule has 2 aromatic heterocycles. The van der Waals surface area contributed by atoms with Gasteiger partial charge in [-0.05, 0) is 143 Å². The Kier molecular flexibility index (Phi) is 15.9. The number of likely N-dealkylation sites (tertiary alicyclic amines) is 2. The molecule has 14 heteroatoms. The molecule has 0 aliphatic carbocycles. The van der Waals surface area contributed by atoms with Crippen molar-refractivity contribution in [2.45, 2.75) is 106 Å². The highest BCUT2D eigenvalue weighted by Gasteiger charge is 2.27. The van der Waals surface area contributed by atoms with Crippen LogP contribution in [0.1, 0.15) is 116 Å². The van der Waals surface area contributed by atoms with Crippen LogP contribution in [0.3, 0.4) is 0 Å². The van der Waals surface area contributed by atoms with Crippen LogP contribution in [0.4, 0.5) is 11.4 Å². The Morgan fingerprint density at radius 3 is 1.79 bits per heavy atom. The van der Waals surface area contributed by atoms with Crippen LogP contribution in [-0.4, -0.2) is 111 Å². The van der Waals surface area contributed by atoms with Crippen LogP contribution in [0.5, 0.6) is 0 Å². The van der Waals surface area contributed by atoms with Gasteiger partial charge in [0.2, 0.25) is 0 Å². The molecular formula is C43H70N8O4S2. The van der Waals surface area contributed by atoms with E-state index in [2.05, 4.69) is 63.1 Å². The van der Waals surface area contributed by atoms with Crippen LogP contribution in [-0.2, 0) is 20.4 Å². The van der Waals surface area contributed by atoms with Crippen molar-refractivity contribution in [1.29, 1.82) is 0 Å². The molecule has 2 aliphatic heterocycles. The molecule has 57 heavy (non-hydrogen) atoms. The molecule has 2 aliphatic rings. The highest BCUT2D eigenvalue weighted by molar-refractivity contribution is 7.90. The zero-order chi connectivity index (χ0) is 41.3. The summed E-state index contributed by atoms with van der Waals surface area (Å²) >= 11 is 0. The van der Waals surface area contributed by atoms with E-state index in [4.69, 9.17) is 0 Å². The number of benzene rings is 2. The Balaban J connectivity index is 0.000000218. The normalized spacial score (nSPS) is 16.9. The van der Waals surface area contributed by atoms with Crippen LogP contribution in [0.25, 0.3) is 21.8 Å². The quantitative estimate of drug-likeness (QED) is 0.0844. The van der Waals surface area contributed by atoms with Crippen molar-refractivity contribution in [3.8, 4) is 0 Å². The summed E-state index contributed by atoms with van der Waals surface area (Å²) in [5.41, 5.74) is 7.27. The van der Waals surface area contributed by atoms with E-state index in [1.165, 1.54) is 21.1 Å². The van der Waals surface area contributed by atoms with Crippen LogP contribution in [0.15, 0.2) is 42.6 Å². The average molecular weight is 827 g/mol. The molecule has 6 rings (SSSR count). The van der Waals surface area contributed by atoms with Gasteiger partial charge in [-0.3, -0.25) is 9.44 Å². The first-order chi connectivity index (χ1) is 27.2. The molecule has 318 valence electrons. The maximum absolute atomic E-state index is 12.9. The molecule has 12 nitrogen and oxygen atoms in total. The fourth-order valence-electron chi connectivity index (χ4n) is 8.80. The Bertz CT molecular complexity index is 2090. The predicted molar refractivity (Wildman–Crippen MR) is 239 cm³/mol. The highest BCUT2D eigenvalue weighted by Crippen LogP contribution is 2.37. The molecule has 4 heterocycles. The Labute approximate surface area is 343 Å². The Hall–Kier alpha value is -3.14. The summed E-state index contributed by atoms with van der Waals surface area (Å²) in [6.45, 7) is 25.4. The summed E-state index contributed by atoms with van der Waals surface area (Å²) in [5, 5.41) is 2.28. The molecule has 2 aromatic carbocycles. The summed E-state index contributed by atoms with van der Waals surface area (Å²) in [4.78, 5) is 11.9. The number of aryl methyl sites for hydroxylation is 1. The van der Waals surface area contributed by atoms with Gasteiger partial charge in [-0.25, -0.2) is 0 Å². The number of nitrogens with zero attached hydrogens (tertiary/aromatic N) is 4. The monoisotopic (exact) mass is 826 g/mol. The number of rotatable bonds is 17. The van der Waals surface area contributed by atoms with Crippen molar-refractivity contribution in [3.05, 3.63) is 59.4 Å². The number of anilines is 2. The van der Waals surface area contributed by atoms with Gasteiger partial charge < -0.3 is 19.8 Å². The van der Waals surface area contributed by atoms with Crippen molar-refractivity contribution in [3.63, 3.8) is 0 Å². The molecule has 0 bridgehead atoms. The van der Waals surface area contributed by atoms with Gasteiger partial charge in [-0.15, -0.1) is 0 Å². The Morgan fingerprint density at radius 2 is 1.25 bits per heavy atom. The zero-order valence-corrected chi connectivity index (χ0v) is 37.5. The van der Waals surface area contributed by atoms with E-state index in [0.717, 1.165) is 99.6 Å². The lowest BCUT2D eigenvalue weighted by Crippen LogP contribution is -2.37. The first-order valence-corrected chi connectivity index (χ1v) is 24.3. The number of aromatic nitrogens is 2. The minimum atomic E-state index is -3.54. The minimum absolute atomic E-state index is 0.457. The first kappa shape index (κ1) is 45.0. The van der Waals surface area contributed by atoms with Gasteiger partial charge >= 0.3 is 20.4 Å². The summed E-state index contributed by atoms with van der Waals surface area (Å²) in [6.07, 6.45) is 8.31. The molecule has 4 aromatic rings. The van der Waals surface area contributed by atoms with Crippen molar-refractivity contribution >= 4 is 53.6 Å². The maximum atomic E-state index is 12.9. The van der Waals surface area contributed by atoms with Gasteiger partial charge in [0.05, 0.1) is 11.4 Å². The van der Waals surface area contributed by atoms with E-state index in [1.807, 2.05) is 64.1 Å². The third-order valence-electron chi connectivity index (χ3n) is 11.7. The maximum Gasteiger partial charge on any atom is 0.301 e. The van der Waals surface area contributed by atoms with Crippen LogP contribution < -0.4 is 9.44 Å². The number of aromatic amines is 2. The van der Waals surface area contributed by atoms with Gasteiger partial charge in [0.15, 0.2) is 0 Å². The lowest BCUT2D eigenvalue weighted by molar-refractivity contribution is 0.192. The molecule has 0 atom stereocenters. The number of hydrogen-bond donors (Lipinski definition) is 4. The summed E-state index contributed by atoms with van der Waals surface area (Å²) < 4.78 is 59.4. The zero-order valence-electron chi connectivity index (χ0n) is 35.8. The number of nitrogens with one attached hydrogen (secondary N) is 4. The molecule has 0 spiro atoms. The lowest BCUT2D eigenvalue weighted by Gasteiger charge is -2.33. The second-order valence-corrected chi connectivity index (χ2v) is 19.6. The number of hydrogen-bond acceptors (Lipinski definition) is 6. The van der Waals surface area contributed by atoms with Crippen molar-refractivity contribution in [1.82, 2.24) is 28.4 Å². The fourth-order valence-corrected chi connectivity index (χ4v) is 11.4.